The van der Waals surface area contributed by atoms with Crippen LogP contribution >= 0.6 is 0 Å². The molecule has 0 heterocycles. The van der Waals surface area contributed by atoms with E-state index < -0.39 is 0 Å². The first-order valence-electron chi connectivity index (χ1n) is 8.02. The normalized spacial score (nSPS) is 10.0. The number of unbranched alkanes of at least 4 members (excludes halogenated alkanes) is 6. The molecule has 0 bridgehead atoms. The first-order chi connectivity index (χ1) is 10.2. The predicted octanol–water partition coefficient (Wildman–Crippen LogP) is 3.21. The van der Waals surface area contributed by atoms with Crippen LogP contribution < -0.4 is 10.6 Å². The quantitative estimate of drug-likeness (QED) is 0.543. The molecular weight excluding hydrogens is 272 g/mol. The van der Waals surface area contributed by atoms with Crippen molar-refractivity contribution in [2.75, 3.05) is 26.3 Å². The van der Waals surface area contributed by atoms with E-state index >= 15 is 0 Å². The van der Waals surface area contributed by atoms with Crippen LogP contribution in [0, 0.1) is 0 Å². The summed E-state index contributed by atoms with van der Waals surface area (Å²) < 4.78 is 9.54. The summed E-state index contributed by atoms with van der Waals surface area (Å²) in [6.45, 7) is 5.78. The van der Waals surface area contributed by atoms with Gasteiger partial charge in [-0.25, -0.2) is 9.59 Å². The monoisotopic (exact) mass is 302 g/mol. The summed E-state index contributed by atoms with van der Waals surface area (Å²) in [5.74, 6) is 0. The van der Waals surface area contributed by atoms with E-state index in [2.05, 4.69) is 10.6 Å². The van der Waals surface area contributed by atoms with E-state index in [1.54, 1.807) is 13.8 Å². The van der Waals surface area contributed by atoms with Gasteiger partial charge in [-0.15, -0.1) is 0 Å². The number of carbonyl (C=O) groups excluding carboxylic acids is 2. The van der Waals surface area contributed by atoms with Crippen molar-refractivity contribution in [3.05, 3.63) is 0 Å². The van der Waals surface area contributed by atoms with E-state index in [9.17, 15) is 9.59 Å². The molecule has 21 heavy (non-hydrogen) atoms. The maximum atomic E-state index is 11.0. The minimum absolute atomic E-state index is 0.327. The summed E-state index contributed by atoms with van der Waals surface area (Å²) in [6, 6.07) is 0. The topological polar surface area (TPSA) is 76.7 Å². The maximum absolute atomic E-state index is 11.0. The number of rotatable bonds is 12. The molecule has 0 saturated carbocycles. The molecule has 6 heteroatoms. The van der Waals surface area contributed by atoms with Crippen molar-refractivity contribution in [2.45, 2.75) is 58.8 Å². The summed E-state index contributed by atoms with van der Waals surface area (Å²) >= 11 is 0. The Hall–Kier alpha value is -1.46. The molecule has 0 spiro atoms. The first kappa shape index (κ1) is 19.5. The zero-order valence-corrected chi connectivity index (χ0v) is 13.4. The van der Waals surface area contributed by atoms with Gasteiger partial charge >= 0.3 is 12.2 Å². The third-order valence-corrected chi connectivity index (χ3v) is 2.94. The van der Waals surface area contributed by atoms with E-state index in [1.165, 1.54) is 19.3 Å². The molecule has 6 nitrogen and oxygen atoms in total. The zero-order chi connectivity index (χ0) is 15.8. The van der Waals surface area contributed by atoms with Gasteiger partial charge in [0.25, 0.3) is 0 Å². The lowest BCUT2D eigenvalue weighted by atomic mass is 10.1. The number of amides is 2. The van der Waals surface area contributed by atoms with Gasteiger partial charge in [0, 0.05) is 13.1 Å². The van der Waals surface area contributed by atoms with Crippen LogP contribution in [0.4, 0.5) is 9.59 Å². The van der Waals surface area contributed by atoms with Gasteiger partial charge in [0.1, 0.15) is 0 Å². The largest absolute Gasteiger partial charge is 0.450 e. The lowest BCUT2D eigenvalue weighted by molar-refractivity contribution is 0.151. The van der Waals surface area contributed by atoms with Crippen molar-refractivity contribution in [3.8, 4) is 0 Å². The van der Waals surface area contributed by atoms with Crippen molar-refractivity contribution >= 4 is 12.2 Å². The number of nitrogens with one attached hydrogen (secondary N) is 2. The van der Waals surface area contributed by atoms with E-state index in [0.29, 0.717) is 26.3 Å². The Morgan fingerprint density at radius 3 is 1.33 bits per heavy atom. The highest BCUT2D eigenvalue weighted by Crippen LogP contribution is 2.06. The van der Waals surface area contributed by atoms with Gasteiger partial charge in [-0.1, -0.05) is 32.1 Å². The molecule has 0 radical (unpaired) electrons. The summed E-state index contributed by atoms with van der Waals surface area (Å²) in [7, 11) is 0. The van der Waals surface area contributed by atoms with E-state index in [-0.39, 0.29) is 12.2 Å². The Balaban J connectivity index is 3.12. The standard InChI is InChI=1S/C15H30N2O4/c1-3-20-14(18)16-12-10-8-6-5-7-9-11-13-17-15(19)21-4-2/h3-13H2,1-2H3,(H,16,18)(H,17,19). The lowest BCUT2D eigenvalue weighted by Gasteiger charge is -2.06. The van der Waals surface area contributed by atoms with Crippen molar-refractivity contribution in [2.24, 2.45) is 0 Å². The first-order valence-corrected chi connectivity index (χ1v) is 8.02. The van der Waals surface area contributed by atoms with Crippen molar-refractivity contribution in [1.82, 2.24) is 10.6 Å². The smallest absolute Gasteiger partial charge is 0.407 e. The summed E-state index contributed by atoms with van der Waals surface area (Å²) in [5.41, 5.74) is 0. The van der Waals surface area contributed by atoms with Gasteiger partial charge in [-0.3, -0.25) is 0 Å². The van der Waals surface area contributed by atoms with Crippen molar-refractivity contribution in [3.63, 3.8) is 0 Å². The van der Waals surface area contributed by atoms with Crippen LogP contribution in [0.5, 0.6) is 0 Å². The lowest BCUT2D eigenvalue weighted by Crippen LogP contribution is -2.25. The van der Waals surface area contributed by atoms with Crippen LogP contribution in [0.3, 0.4) is 0 Å². The van der Waals surface area contributed by atoms with Crippen molar-refractivity contribution in [1.29, 1.82) is 0 Å². The van der Waals surface area contributed by atoms with Crippen LogP contribution in [0.15, 0.2) is 0 Å². The Labute approximate surface area is 127 Å². The molecule has 0 fully saturated rings. The van der Waals surface area contributed by atoms with Gasteiger partial charge in [0.2, 0.25) is 0 Å². The van der Waals surface area contributed by atoms with Crippen molar-refractivity contribution < 1.29 is 19.1 Å². The second-order valence-electron chi connectivity index (χ2n) is 4.77. The number of alkyl carbamates (subject to hydrolysis) is 2. The molecule has 2 amide bonds. The number of ether oxygens (including phenoxy) is 2. The molecule has 0 atom stereocenters. The Kier molecular flexibility index (Phi) is 13.9. The van der Waals surface area contributed by atoms with Crippen LogP contribution in [-0.4, -0.2) is 38.5 Å². The van der Waals surface area contributed by atoms with Gasteiger partial charge in [-0.05, 0) is 26.7 Å². The average molecular weight is 302 g/mol. The molecule has 0 saturated heterocycles. The molecule has 0 aliphatic heterocycles. The van der Waals surface area contributed by atoms with Crippen LogP contribution in [0.2, 0.25) is 0 Å². The maximum Gasteiger partial charge on any atom is 0.407 e. The van der Waals surface area contributed by atoms with Gasteiger partial charge in [0.15, 0.2) is 0 Å². The van der Waals surface area contributed by atoms with Crippen LogP contribution in [0.25, 0.3) is 0 Å². The minimum Gasteiger partial charge on any atom is -0.450 e. The van der Waals surface area contributed by atoms with Crippen LogP contribution in [-0.2, 0) is 9.47 Å². The third kappa shape index (κ3) is 14.8. The molecule has 0 aliphatic carbocycles. The van der Waals surface area contributed by atoms with E-state index in [4.69, 9.17) is 9.47 Å². The molecular formula is C15H30N2O4. The summed E-state index contributed by atoms with van der Waals surface area (Å²) in [5, 5.41) is 5.42. The van der Waals surface area contributed by atoms with Crippen LogP contribution in [0.1, 0.15) is 58.8 Å². The Morgan fingerprint density at radius 1 is 0.667 bits per heavy atom. The fourth-order valence-electron chi connectivity index (χ4n) is 1.88. The molecule has 0 aromatic carbocycles. The highest BCUT2D eigenvalue weighted by atomic mass is 16.5. The summed E-state index contributed by atoms with van der Waals surface area (Å²) in [4.78, 5) is 22.0. The Morgan fingerprint density at radius 2 is 1.00 bits per heavy atom. The highest BCUT2D eigenvalue weighted by molar-refractivity contribution is 5.67. The second kappa shape index (κ2) is 14.9. The molecule has 0 unspecified atom stereocenters. The zero-order valence-electron chi connectivity index (χ0n) is 13.4. The second-order valence-corrected chi connectivity index (χ2v) is 4.77. The molecule has 0 aliphatic rings. The summed E-state index contributed by atoms with van der Waals surface area (Å²) in [6.07, 6.45) is 7.11. The van der Waals surface area contributed by atoms with Gasteiger partial charge < -0.3 is 20.1 Å². The fourth-order valence-corrected chi connectivity index (χ4v) is 1.88. The molecule has 0 aromatic rings. The third-order valence-electron chi connectivity index (χ3n) is 2.94. The minimum atomic E-state index is -0.327. The average Bonchev–Trinajstić information content (AvgIpc) is 2.45. The SMILES string of the molecule is CCOC(=O)NCCCCCCCCCNC(=O)OCC. The van der Waals surface area contributed by atoms with Gasteiger partial charge in [-0.2, -0.15) is 0 Å². The highest BCUT2D eigenvalue weighted by Gasteiger charge is 1.99. The van der Waals surface area contributed by atoms with E-state index in [1.807, 2.05) is 0 Å². The number of carbonyl (C=O) groups is 2. The predicted molar refractivity (Wildman–Crippen MR) is 82.4 cm³/mol. The van der Waals surface area contributed by atoms with E-state index in [0.717, 1.165) is 25.7 Å². The Bertz CT molecular complexity index is 246. The molecule has 124 valence electrons. The fraction of sp³-hybridized carbons (Fsp3) is 0.867. The molecule has 2 N–H and O–H groups in total. The van der Waals surface area contributed by atoms with Gasteiger partial charge in [0.05, 0.1) is 13.2 Å². The number of hydrogen-bond donors (Lipinski definition) is 2. The molecule has 0 aromatic heterocycles. The number of hydrogen-bond acceptors (Lipinski definition) is 4. The molecule has 0 rings (SSSR count).